The normalized spacial score (nSPS) is 14.0. The van der Waals surface area contributed by atoms with Crippen LogP contribution < -0.4 is 10.2 Å². The zero-order valence-corrected chi connectivity index (χ0v) is 17.6. The van der Waals surface area contributed by atoms with Crippen molar-refractivity contribution in [1.82, 2.24) is 0 Å². The number of ether oxygens (including phenoxy) is 1. The average molecular weight is 475 g/mol. The molecule has 0 bridgehead atoms. The maximum atomic E-state index is 10.7. The summed E-state index contributed by atoms with van der Waals surface area (Å²) in [5.74, 6) is -0.750. The van der Waals surface area contributed by atoms with Crippen LogP contribution in [0.3, 0.4) is 0 Å². The van der Waals surface area contributed by atoms with E-state index < -0.39 is 15.6 Å². The molecule has 28 heavy (non-hydrogen) atoms. The molecule has 0 unspecified atom stereocenters. The van der Waals surface area contributed by atoms with Crippen molar-refractivity contribution in [1.29, 1.82) is 0 Å². The second-order valence-electron chi connectivity index (χ2n) is 4.95. The Morgan fingerprint density at radius 1 is 0.893 bits per heavy atom. The van der Waals surface area contributed by atoms with Gasteiger partial charge in [-0.2, -0.15) is 13.2 Å². The summed E-state index contributed by atoms with van der Waals surface area (Å²) in [6.45, 7) is 7.39. The third kappa shape index (κ3) is 32.3. The van der Waals surface area contributed by atoms with E-state index in [2.05, 4.69) is 0 Å². The number of allylic oxidation sites excluding steroid dienone is 4. The molecule has 0 saturated carbocycles. The Morgan fingerprint density at radius 2 is 1.14 bits per heavy atom. The SMILES string of the molecule is C1CCOC1.CC(=O)/C=C(/C)[O-].CC(=O)/C=C(/C)[O-].O=S(=O)([O-])C(F)(F)F.[Fe+3]. The van der Waals surface area contributed by atoms with Gasteiger partial charge < -0.3 is 19.5 Å². The Labute approximate surface area is 172 Å². The van der Waals surface area contributed by atoms with Gasteiger partial charge in [-0.1, -0.05) is 13.8 Å². The fraction of sp³-hybridized carbons (Fsp3) is 0.600. The van der Waals surface area contributed by atoms with Crippen LogP contribution in [0, 0.1) is 0 Å². The molecule has 1 fully saturated rings. The van der Waals surface area contributed by atoms with Crippen LogP contribution >= 0.6 is 0 Å². The fourth-order valence-corrected chi connectivity index (χ4v) is 1.08. The molecule has 13 heteroatoms. The van der Waals surface area contributed by atoms with Crippen LogP contribution in [-0.2, 0) is 41.5 Å². The van der Waals surface area contributed by atoms with E-state index in [-0.39, 0.29) is 40.2 Å². The molecule has 1 aliphatic rings. The number of carbonyl (C=O) groups is 2. The quantitative estimate of drug-likeness (QED) is 0.185. The molecule has 1 heterocycles. The van der Waals surface area contributed by atoms with Crippen molar-refractivity contribution in [3.63, 3.8) is 0 Å². The van der Waals surface area contributed by atoms with Crippen LogP contribution in [0.4, 0.5) is 13.2 Å². The van der Waals surface area contributed by atoms with E-state index in [1.165, 1.54) is 40.5 Å². The van der Waals surface area contributed by atoms with Crippen molar-refractivity contribution in [2.24, 2.45) is 0 Å². The summed E-state index contributed by atoms with van der Waals surface area (Å²) >= 11 is 0. The van der Waals surface area contributed by atoms with Gasteiger partial charge in [0, 0.05) is 13.2 Å². The van der Waals surface area contributed by atoms with E-state index in [4.69, 9.17) is 17.7 Å². The summed E-state index contributed by atoms with van der Waals surface area (Å²) in [5, 5.41) is 20.0. The third-order valence-corrected chi connectivity index (χ3v) is 2.49. The molecule has 8 nitrogen and oxygen atoms in total. The van der Waals surface area contributed by atoms with E-state index in [1.54, 1.807) is 0 Å². The van der Waals surface area contributed by atoms with E-state index >= 15 is 0 Å². The third-order valence-electron chi connectivity index (χ3n) is 1.92. The molecule has 0 amide bonds. The van der Waals surface area contributed by atoms with Crippen molar-refractivity contribution >= 4 is 21.7 Å². The standard InChI is InChI=1S/2C5H8O2.C4H8O.CHF3O3S.Fe/c2*1-4(6)3-5(2)7;1-2-4-5-3-1;2-1(3,4)8(5,6)7;/h2*3,6H,1-2H3;1-4H2;(H,5,6,7);/q;;;;+3/p-3/b2*4-3-;;;. The van der Waals surface area contributed by atoms with Gasteiger partial charge in [0.1, 0.15) is 0 Å². The predicted molar refractivity (Wildman–Crippen MR) is 84.7 cm³/mol. The monoisotopic (exact) mass is 475 g/mol. The molecule has 1 radical (unpaired) electrons. The van der Waals surface area contributed by atoms with Gasteiger partial charge >= 0.3 is 22.6 Å². The Morgan fingerprint density at radius 3 is 1.18 bits per heavy atom. The second kappa shape index (κ2) is 17.7. The minimum Gasteiger partial charge on any atom is -0.876 e. The number of halogens is 3. The van der Waals surface area contributed by atoms with Crippen LogP contribution in [0.1, 0.15) is 40.5 Å². The Balaban J connectivity index is -0.000000137. The van der Waals surface area contributed by atoms with Crippen molar-refractivity contribution in [2.45, 2.75) is 46.0 Å². The molecule has 1 rings (SSSR count). The fourth-order valence-electron chi connectivity index (χ4n) is 1.08. The molecule has 0 aliphatic carbocycles. The van der Waals surface area contributed by atoms with Gasteiger partial charge in [0.25, 0.3) is 0 Å². The van der Waals surface area contributed by atoms with E-state index in [0.717, 1.165) is 25.4 Å². The van der Waals surface area contributed by atoms with Crippen LogP contribution in [0.25, 0.3) is 0 Å². The molecule has 1 saturated heterocycles. The molecule has 0 atom stereocenters. The van der Waals surface area contributed by atoms with Crippen LogP contribution in [0.5, 0.6) is 0 Å². The number of hydrogen-bond donors (Lipinski definition) is 0. The van der Waals surface area contributed by atoms with E-state index in [0.29, 0.717) is 0 Å². The maximum Gasteiger partial charge on any atom is 3.00 e. The zero-order chi connectivity index (χ0) is 22.3. The van der Waals surface area contributed by atoms with Gasteiger partial charge in [-0.05, 0) is 38.8 Å². The van der Waals surface area contributed by atoms with Gasteiger partial charge in [-0.15, -0.1) is 11.5 Å². The van der Waals surface area contributed by atoms with Gasteiger partial charge in [-0.25, -0.2) is 8.42 Å². The first-order chi connectivity index (χ1) is 12.0. The summed E-state index contributed by atoms with van der Waals surface area (Å²) in [6.07, 6.45) is 4.67. The Bertz CT molecular complexity index is 566. The summed E-state index contributed by atoms with van der Waals surface area (Å²) in [4.78, 5) is 20.0. The smallest absolute Gasteiger partial charge is 0.876 e. The minimum absolute atomic E-state index is 0. The topological polar surface area (TPSA) is 147 Å². The summed E-state index contributed by atoms with van der Waals surface area (Å²) in [5.41, 5.74) is -5.65. The largest absolute Gasteiger partial charge is 3.00 e. The van der Waals surface area contributed by atoms with Crippen LogP contribution in [0.15, 0.2) is 23.7 Å². The van der Waals surface area contributed by atoms with E-state index in [1.807, 2.05) is 0 Å². The van der Waals surface area contributed by atoms with Gasteiger partial charge in [0.05, 0.1) is 0 Å². The summed E-state index contributed by atoms with van der Waals surface area (Å²) in [6, 6.07) is 0. The molecular weight excluding hydrogens is 453 g/mol. The van der Waals surface area contributed by atoms with Crippen molar-refractivity contribution < 1.29 is 67.7 Å². The first kappa shape index (κ1) is 34.1. The second-order valence-corrected chi connectivity index (χ2v) is 6.32. The number of alkyl halides is 3. The molecule has 165 valence electrons. The average Bonchev–Trinajstić information content (AvgIpc) is 2.92. The molecule has 0 aromatic rings. The first-order valence-corrected chi connectivity index (χ1v) is 8.73. The number of carbonyl (C=O) groups excluding carboxylic acids is 2. The molecule has 0 N–H and O–H groups in total. The first-order valence-electron chi connectivity index (χ1n) is 7.32. The van der Waals surface area contributed by atoms with E-state index in [9.17, 15) is 33.0 Å². The molecule has 0 aromatic heterocycles. The van der Waals surface area contributed by atoms with Crippen LogP contribution in [0.2, 0.25) is 0 Å². The molecular formula is C15H22F3FeO8S. The molecule has 0 aromatic carbocycles. The van der Waals surface area contributed by atoms with Crippen molar-refractivity contribution in [3.05, 3.63) is 23.7 Å². The Kier molecular flexibility index (Phi) is 21.6. The van der Waals surface area contributed by atoms with Crippen molar-refractivity contribution in [3.8, 4) is 0 Å². The van der Waals surface area contributed by atoms with Crippen molar-refractivity contribution in [2.75, 3.05) is 13.2 Å². The maximum absolute atomic E-state index is 10.7. The van der Waals surface area contributed by atoms with Gasteiger partial charge in [0.2, 0.25) is 0 Å². The molecule has 0 spiro atoms. The summed E-state index contributed by atoms with van der Waals surface area (Å²) in [7, 11) is -6.09. The minimum atomic E-state index is -6.09. The van der Waals surface area contributed by atoms with Crippen LogP contribution in [-0.4, -0.2) is 43.3 Å². The van der Waals surface area contributed by atoms with Gasteiger partial charge in [0.15, 0.2) is 21.7 Å². The predicted octanol–water partition coefficient (Wildman–Crippen LogP) is 0.525. The Hall–Kier alpha value is -1.40. The number of hydrogen-bond acceptors (Lipinski definition) is 8. The number of rotatable bonds is 2. The zero-order valence-electron chi connectivity index (χ0n) is 15.6. The number of ketones is 2. The van der Waals surface area contributed by atoms with Gasteiger partial charge in [-0.3, -0.25) is 9.59 Å². The molecule has 1 aliphatic heterocycles. The summed E-state index contributed by atoms with van der Waals surface area (Å²) < 4.78 is 63.8.